The van der Waals surface area contributed by atoms with Crippen LogP contribution in [0.15, 0.2) is 24.4 Å². The van der Waals surface area contributed by atoms with E-state index in [4.69, 9.17) is 0 Å². The third kappa shape index (κ3) is 4.65. The Bertz CT molecular complexity index is 511. The fourth-order valence-electron chi connectivity index (χ4n) is 3.03. The molecule has 0 aromatic carbocycles. The Labute approximate surface area is 137 Å². The number of aliphatic hydroxyl groups excluding tert-OH is 1. The average molecular weight is 318 g/mol. The summed E-state index contributed by atoms with van der Waals surface area (Å²) < 4.78 is 0. The number of piperidine rings is 1. The molecule has 126 valence electrons. The van der Waals surface area contributed by atoms with Crippen molar-refractivity contribution in [3.8, 4) is 0 Å². The summed E-state index contributed by atoms with van der Waals surface area (Å²) in [5, 5.41) is 15.2. The predicted octanol–water partition coefficient (Wildman–Crippen LogP) is 1.12. The number of amides is 2. The van der Waals surface area contributed by atoms with Crippen LogP contribution in [0.2, 0.25) is 0 Å². The van der Waals surface area contributed by atoms with Crippen molar-refractivity contribution in [2.45, 2.75) is 38.3 Å². The van der Waals surface area contributed by atoms with Crippen LogP contribution in [-0.4, -0.2) is 53.3 Å². The maximum Gasteiger partial charge on any atom is 0.315 e. The Balaban J connectivity index is 1.35. The minimum atomic E-state index is -0.104. The summed E-state index contributed by atoms with van der Waals surface area (Å²) in [6.07, 6.45) is 5.77. The van der Waals surface area contributed by atoms with Gasteiger partial charge < -0.3 is 15.7 Å². The molecule has 2 amide bonds. The summed E-state index contributed by atoms with van der Waals surface area (Å²) in [5.74, 6) is 0. The second kappa shape index (κ2) is 7.27. The molecular formula is C17H26N4O2. The van der Waals surface area contributed by atoms with Crippen LogP contribution in [0.1, 0.15) is 31.4 Å². The maximum atomic E-state index is 11.9. The largest absolute Gasteiger partial charge is 0.396 e. The Kier molecular flexibility index (Phi) is 5.13. The SMILES string of the molecule is O=C(NCC1(CO)CC1)NC1CCN(Cc2ccccn2)CC1. The zero-order valence-corrected chi connectivity index (χ0v) is 13.5. The van der Waals surface area contributed by atoms with E-state index in [0.29, 0.717) is 6.54 Å². The van der Waals surface area contributed by atoms with E-state index < -0.39 is 0 Å². The van der Waals surface area contributed by atoms with Crippen molar-refractivity contribution >= 4 is 6.03 Å². The van der Waals surface area contributed by atoms with Crippen LogP contribution in [-0.2, 0) is 6.54 Å². The van der Waals surface area contributed by atoms with Gasteiger partial charge in [-0.1, -0.05) is 6.07 Å². The highest BCUT2D eigenvalue weighted by Crippen LogP contribution is 2.44. The number of nitrogens with zero attached hydrogens (tertiary/aromatic N) is 2. The number of carbonyl (C=O) groups excluding carboxylic acids is 1. The lowest BCUT2D eigenvalue weighted by molar-refractivity contribution is 0.181. The van der Waals surface area contributed by atoms with Crippen LogP contribution in [0.25, 0.3) is 0 Å². The van der Waals surface area contributed by atoms with E-state index in [1.165, 1.54) is 0 Å². The van der Waals surface area contributed by atoms with Crippen LogP contribution in [0.4, 0.5) is 4.79 Å². The fourth-order valence-corrected chi connectivity index (χ4v) is 3.03. The molecule has 1 saturated carbocycles. The number of carbonyl (C=O) groups is 1. The zero-order chi connectivity index (χ0) is 16.1. The standard InChI is InChI=1S/C17H26N4O2/c22-13-17(6-7-17)12-19-16(23)20-14-4-9-21(10-5-14)11-15-3-1-2-8-18-15/h1-3,8,14,22H,4-7,9-13H2,(H2,19,20,23). The Hall–Kier alpha value is -1.66. The van der Waals surface area contributed by atoms with E-state index in [9.17, 15) is 9.90 Å². The minimum absolute atomic E-state index is 0.0383. The average Bonchev–Trinajstić information content (AvgIpc) is 3.37. The summed E-state index contributed by atoms with van der Waals surface area (Å²) in [5.41, 5.74) is 1.05. The quantitative estimate of drug-likeness (QED) is 0.734. The molecule has 2 aliphatic rings. The second-order valence-corrected chi connectivity index (χ2v) is 6.86. The van der Waals surface area contributed by atoms with Gasteiger partial charge in [0.05, 0.1) is 12.3 Å². The van der Waals surface area contributed by atoms with Crippen LogP contribution in [0, 0.1) is 5.41 Å². The number of aliphatic hydroxyl groups is 1. The van der Waals surface area contributed by atoms with Gasteiger partial charge in [-0.05, 0) is 37.8 Å². The number of rotatable bonds is 6. The van der Waals surface area contributed by atoms with Gasteiger partial charge in [-0.3, -0.25) is 9.88 Å². The van der Waals surface area contributed by atoms with Crippen molar-refractivity contribution in [1.82, 2.24) is 20.5 Å². The van der Waals surface area contributed by atoms with Gasteiger partial charge in [0.2, 0.25) is 0 Å². The van der Waals surface area contributed by atoms with Crippen molar-refractivity contribution in [2.75, 3.05) is 26.2 Å². The molecule has 3 rings (SSSR count). The number of nitrogens with one attached hydrogen (secondary N) is 2. The minimum Gasteiger partial charge on any atom is -0.396 e. The molecule has 6 heteroatoms. The lowest BCUT2D eigenvalue weighted by Gasteiger charge is -2.32. The third-order valence-electron chi connectivity index (χ3n) is 4.95. The van der Waals surface area contributed by atoms with Gasteiger partial charge in [-0.25, -0.2) is 4.79 Å². The second-order valence-electron chi connectivity index (χ2n) is 6.86. The summed E-state index contributed by atoms with van der Waals surface area (Å²) in [7, 11) is 0. The first-order valence-electron chi connectivity index (χ1n) is 8.47. The fraction of sp³-hybridized carbons (Fsp3) is 0.647. The van der Waals surface area contributed by atoms with E-state index in [1.807, 2.05) is 24.4 Å². The first kappa shape index (κ1) is 16.2. The molecule has 1 aromatic heterocycles. The lowest BCUT2D eigenvalue weighted by Crippen LogP contribution is -2.48. The molecule has 23 heavy (non-hydrogen) atoms. The van der Waals surface area contributed by atoms with E-state index in [0.717, 1.165) is 51.0 Å². The highest BCUT2D eigenvalue weighted by Gasteiger charge is 2.42. The van der Waals surface area contributed by atoms with Crippen LogP contribution >= 0.6 is 0 Å². The van der Waals surface area contributed by atoms with Gasteiger partial charge in [0, 0.05) is 43.8 Å². The number of hydrogen-bond donors (Lipinski definition) is 3. The lowest BCUT2D eigenvalue weighted by atomic mass is 10.0. The van der Waals surface area contributed by atoms with E-state index >= 15 is 0 Å². The van der Waals surface area contributed by atoms with Crippen molar-refractivity contribution in [3.05, 3.63) is 30.1 Å². The first-order chi connectivity index (χ1) is 11.2. The first-order valence-corrected chi connectivity index (χ1v) is 8.47. The zero-order valence-electron chi connectivity index (χ0n) is 13.5. The molecule has 0 atom stereocenters. The van der Waals surface area contributed by atoms with Gasteiger partial charge in [0.25, 0.3) is 0 Å². The topological polar surface area (TPSA) is 77.5 Å². The van der Waals surface area contributed by atoms with Gasteiger partial charge in [0.15, 0.2) is 0 Å². The summed E-state index contributed by atoms with van der Waals surface area (Å²) in [4.78, 5) is 18.7. The summed E-state index contributed by atoms with van der Waals surface area (Å²) in [6, 6.07) is 6.13. The predicted molar refractivity (Wildman–Crippen MR) is 87.8 cm³/mol. The van der Waals surface area contributed by atoms with Gasteiger partial charge in [-0.2, -0.15) is 0 Å². The van der Waals surface area contributed by atoms with E-state index in [1.54, 1.807) is 0 Å². The Morgan fingerprint density at radius 1 is 1.35 bits per heavy atom. The van der Waals surface area contributed by atoms with Crippen LogP contribution in [0.3, 0.4) is 0 Å². The smallest absolute Gasteiger partial charge is 0.315 e. The molecule has 3 N–H and O–H groups in total. The van der Waals surface area contributed by atoms with Crippen molar-refractivity contribution in [2.24, 2.45) is 5.41 Å². The summed E-state index contributed by atoms with van der Waals surface area (Å²) in [6.45, 7) is 3.57. The molecule has 0 spiro atoms. The Morgan fingerprint density at radius 3 is 2.74 bits per heavy atom. The van der Waals surface area contributed by atoms with Gasteiger partial charge in [-0.15, -0.1) is 0 Å². The van der Waals surface area contributed by atoms with E-state index in [-0.39, 0.29) is 24.1 Å². The molecule has 1 aliphatic carbocycles. The molecule has 1 aromatic rings. The number of pyridine rings is 1. The van der Waals surface area contributed by atoms with Gasteiger partial charge >= 0.3 is 6.03 Å². The Morgan fingerprint density at radius 2 is 2.13 bits per heavy atom. The molecule has 6 nitrogen and oxygen atoms in total. The number of aromatic nitrogens is 1. The molecule has 2 heterocycles. The molecule has 0 bridgehead atoms. The highest BCUT2D eigenvalue weighted by atomic mass is 16.3. The number of urea groups is 1. The molecule has 2 fully saturated rings. The third-order valence-corrected chi connectivity index (χ3v) is 4.95. The van der Waals surface area contributed by atoms with Gasteiger partial charge in [0.1, 0.15) is 0 Å². The number of hydrogen-bond acceptors (Lipinski definition) is 4. The molecular weight excluding hydrogens is 292 g/mol. The van der Waals surface area contributed by atoms with Crippen molar-refractivity contribution in [3.63, 3.8) is 0 Å². The molecule has 0 unspecified atom stereocenters. The van der Waals surface area contributed by atoms with Crippen LogP contribution in [0.5, 0.6) is 0 Å². The van der Waals surface area contributed by atoms with Crippen molar-refractivity contribution < 1.29 is 9.90 Å². The van der Waals surface area contributed by atoms with Crippen molar-refractivity contribution in [1.29, 1.82) is 0 Å². The maximum absolute atomic E-state index is 11.9. The number of likely N-dealkylation sites (tertiary alicyclic amines) is 1. The molecule has 1 aliphatic heterocycles. The molecule has 1 saturated heterocycles. The van der Waals surface area contributed by atoms with Crippen LogP contribution < -0.4 is 10.6 Å². The summed E-state index contributed by atoms with van der Waals surface area (Å²) >= 11 is 0. The monoisotopic (exact) mass is 318 g/mol. The normalized spacial score (nSPS) is 20.9. The van der Waals surface area contributed by atoms with E-state index in [2.05, 4.69) is 20.5 Å². The molecule has 0 radical (unpaired) electrons. The highest BCUT2D eigenvalue weighted by molar-refractivity contribution is 5.74.